The molecule has 1 aromatic heterocycles. The fourth-order valence-corrected chi connectivity index (χ4v) is 1.94. The van der Waals surface area contributed by atoms with E-state index in [0.717, 1.165) is 5.56 Å². The lowest BCUT2D eigenvalue weighted by molar-refractivity contribution is 0.567. The van der Waals surface area contributed by atoms with Gasteiger partial charge in [-0.2, -0.15) is 0 Å². The largest absolute Gasteiger partial charge is 0.423 e. The van der Waals surface area contributed by atoms with Crippen molar-refractivity contribution in [3.05, 3.63) is 35.7 Å². The highest BCUT2D eigenvalue weighted by molar-refractivity contribution is 5.55. The quantitative estimate of drug-likeness (QED) is 0.733. The van der Waals surface area contributed by atoms with E-state index in [2.05, 4.69) is 50.0 Å². The molecule has 0 aliphatic heterocycles. The molecular formula is C13H16N2O. The third-order valence-electron chi connectivity index (χ3n) is 2.64. The van der Waals surface area contributed by atoms with Crippen LogP contribution in [0.1, 0.15) is 31.9 Å². The molecule has 1 heterocycles. The van der Waals surface area contributed by atoms with Gasteiger partial charge in [-0.15, -0.1) is 10.2 Å². The average molecular weight is 216 g/mol. The molecular weight excluding hydrogens is 200 g/mol. The number of aryl methyl sites for hydroxylation is 1. The van der Waals surface area contributed by atoms with Gasteiger partial charge in [-0.1, -0.05) is 26.8 Å². The molecule has 0 atom stereocenters. The molecule has 0 unspecified atom stereocenters. The topological polar surface area (TPSA) is 38.9 Å². The third-order valence-corrected chi connectivity index (χ3v) is 2.64. The molecule has 2 aromatic rings. The van der Waals surface area contributed by atoms with Gasteiger partial charge in [-0.05, 0) is 35.6 Å². The zero-order valence-electron chi connectivity index (χ0n) is 10.1. The number of nitrogens with zero attached hydrogens (tertiary/aromatic N) is 2. The second-order valence-electron chi connectivity index (χ2n) is 5.02. The van der Waals surface area contributed by atoms with Gasteiger partial charge in [-0.3, -0.25) is 0 Å². The van der Waals surface area contributed by atoms with E-state index in [0.29, 0.717) is 5.89 Å². The fraction of sp³-hybridized carbons (Fsp3) is 0.385. The maximum atomic E-state index is 5.18. The van der Waals surface area contributed by atoms with Crippen molar-refractivity contribution in [3.8, 4) is 11.5 Å². The smallest absolute Gasteiger partial charge is 0.247 e. The van der Waals surface area contributed by atoms with Gasteiger partial charge >= 0.3 is 0 Å². The molecule has 0 N–H and O–H groups in total. The Kier molecular flexibility index (Phi) is 2.54. The Balaban J connectivity index is 2.45. The van der Waals surface area contributed by atoms with Crippen LogP contribution in [0, 0.1) is 6.92 Å². The van der Waals surface area contributed by atoms with Crippen LogP contribution in [0.5, 0.6) is 0 Å². The van der Waals surface area contributed by atoms with Crippen LogP contribution in [0.3, 0.4) is 0 Å². The summed E-state index contributed by atoms with van der Waals surface area (Å²) in [4.78, 5) is 0. The highest BCUT2D eigenvalue weighted by Crippen LogP contribution is 2.28. The third kappa shape index (κ3) is 1.98. The number of hydrogen-bond donors (Lipinski definition) is 0. The Bertz CT molecular complexity index is 481. The second-order valence-corrected chi connectivity index (χ2v) is 5.02. The number of hydrogen-bond acceptors (Lipinski definition) is 3. The van der Waals surface area contributed by atoms with Crippen LogP contribution in [-0.2, 0) is 5.41 Å². The SMILES string of the molecule is Cc1cc(-c2nnco2)ccc1C(C)(C)C. The van der Waals surface area contributed by atoms with Crippen molar-refractivity contribution in [1.29, 1.82) is 0 Å². The Labute approximate surface area is 95.5 Å². The summed E-state index contributed by atoms with van der Waals surface area (Å²) < 4.78 is 5.18. The predicted octanol–water partition coefficient (Wildman–Crippen LogP) is 3.34. The van der Waals surface area contributed by atoms with Crippen molar-refractivity contribution < 1.29 is 4.42 Å². The predicted molar refractivity (Wildman–Crippen MR) is 63.2 cm³/mol. The molecule has 0 aliphatic carbocycles. The van der Waals surface area contributed by atoms with Gasteiger partial charge in [0.05, 0.1) is 0 Å². The fourth-order valence-electron chi connectivity index (χ4n) is 1.94. The zero-order chi connectivity index (χ0) is 11.8. The van der Waals surface area contributed by atoms with Crippen LogP contribution in [-0.4, -0.2) is 10.2 Å². The van der Waals surface area contributed by atoms with Crippen molar-refractivity contribution in [3.63, 3.8) is 0 Å². The number of aromatic nitrogens is 2. The Morgan fingerprint density at radius 1 is 1.19 bits per heavy atom. The van der Waals surface area contributed by atoms with E-state index in [1.165, 1.54) is 17.5 Å². The summed E-state index contributed by atoms with van der Waals surface area (Å²) in [5, 5.41) is 7.59. The van der Waals surface area contributed by atoms with Gasteiger partial charge in [0.1, 0.15) is 0 Å². The van der Waals surface area contributed by atoms with Crippen LogP contribution in [0.4, 0.5) is 0 Å². The van der Waals surface area contributed by atoms with E-state index < -0.39 is 0 Å². The van der Waals surface area contributed by atoms with Gasteiger partial charge in [-0.25, -0.2) is 0 Å². The first-order valence-corrected chi connectivity index (χ1v) is 5.36. The van der Waals surface area contributed by atoms with Gasteiger partial charge in [0, 0.05) is 5.56 Å². The van der Waals surface area contributed by atoms with Gasteiger partial charge in [0.2, 0.25) is 12.3 Å². The van der Waals surface area contributed by atoms with Crippen LogP contribution >= 0.6 is 0 Å². The monoisotopic (exact) mass is 216 g/mol. The van der Waals surface area contributed by atoms with Crippen LogP contribution in [0.25, 0.3) is 11.5 Å². The van der Waals surface area contributed by atoms with E-state index in [1.807, 2.05) is 6.07 Å². The van der Waals surface area contributed by atoms with Gasteiger partial charge < -0.3 is 4.42 Å². The Morgan fingerprint density at radius 2 is 1.94 bits per heavy atom. The standard InChI is InChI=1S/C13H16N2O/c1-9-7-10(12-15-14-8-16-12)5-6-11(9)13(2,3)4/h5-8H,1-4H3. The normalized spacial score (nSPS) is 11.8. The molecule has 0 radical (unpaired) electrons. The molecule has 0 amide bonds. The first-order valence-electron chi connectivity index (χ1n) is 5.36. The summed E-state index contributed by atoms with van der Waals surface area (Å²) in [5.74, 6) is 0.573. The minimum Gasteiger partial charge on any atom is -0.423 e. The lowest BCUT2D eigenvalue weighted by Gasteiger charge is -2.21. The Hall–Kier alpha value is -1.64. The summed E-state index contributed by atoms with van der Waals surface area (Å²) in [6.45, 7) is 8.74. The average Bonchev–Trinajstić information content (AvgIpc) is 2.68. The lowest BCUT2D eigenvalue weighted by Crippen LogP contribution is -2.12. The maximum Gasteiger partial charge on any atom is 0.247 e. The minimum absolute atomic E-state index is 0.164. The number of benzene rings is 1. The lowest BCUT2D eigenvalue weighted by atomic mass is 9.83. The second kappa shape index (κ2) is 3.74. The summed E-state index contributed by atoms with van der Waals surface area (Å²) in [6.07, 6.45) is 1.35. The van der Waals surface area contributed by atoms with Crippen molar-refractivity contribution in [2.24, 2.45) is 0 Å². The van der Waals surface area contributed by atoms with E-state index >= 15 is 0 Å². The summed E-state index contributed by atoms with van der Waals surface area (Å²) in [6, 6.07) is 6.25. The molecule has 0 spiro atoms. The Morgan fingerprint density at radius 3 is 2.44 bits per heavy atom. The first kappa shape index (κ1) is 10.9. The molecule has 84 valence electrons. The molecule has 2 rings (SSSR count). The van der Waals surface area contributed by atoms with E-state index in [4.69, 9.17) is 4.42 Å². The van der Waals surface area contributed by atoms with Crippen molar-refractivity contribution in [1.82, 2.24) is 10.2 Å². The zero-order valence-corrected chi connectivity index (χ0v) is 10.1. The highest BCUT2D eigenvalue weighted by Gasteiger charge is 2.17. The summed E-state index contributed by atoms with van der Waals surface area (Å²) >= 11 is 0. The van der Waals surface area contributed by atoms with E-state index in [1.54, 1.807) is 0 Å². The van der Waals surface area contributed by atoms with Crippen molar-refractivity contribution in [2.75, 3.05) is 0 Å². The molecule has 0 saturated heterocycles. The van der Waals surface area contributed by atoms with E-state index in [-0.39, 0.29) is 5.41 Å². The van der Waals surface area contributed by atoms with Gasteiger partial charge in [0.25, 0.3) is 0 Å². The molecule has 16 heavy (non-hydrogen) atoms. The van der Waals surface area contributed by atoms with Crippen LogP contribution in [0.15, 0.2) is 29.0 Å². The maximum absolute atomic E-state index is 5.18. The highest BCUT2D eigenvalue weighted by atomic mass is 16.4. The first-order chi connectivity index (χ1) is 7.48. The van der Waals surface area contributed by atoms with Crippen LogP contribution in [0.2, 0.25) is 0 Å². The molecule has 3 nitrogen and oxygen atoms in total. The van der Waals surface area contributed by atoms with Crippen molar-refractivity contribution >= 4 is 0 Å². The molecule has 0 aliphatic rings. The number of rotatable bonds is 1. The molecule has 0 fully saturated rings. The van der Waals surface area contributed by atoms with Crippen LogP contribution < -0.4 is 0 Å². The van der Waals surface area contributed by atoms with Gasteiger partial charge in [0.15, 0.2) is 0 Å². The summed E-state index contributed by atoms with van der Waals surface area (Å²) in [5.41, 5.74) is 3.74. The minimum atomic E-state index is 0.164. The molecule has 1 aromatic carbocycles. The molecule has 3 heteroatoms. The van der Waals surface area contributed by atoms with Crippen molar-refractivity contribution in [2.45, 2.75) is 33.1 Å². The van der Waals surface area contributed by atoms with E-state index in [9.17, 15) is 0 Å². The molecule has 0 saturated carbocycles. The summed E-state index contributed by atoms with van der Waals surface area (Å²) in [7, 11) is 0. The molecule has 0 bridgehead atoms.